The lowest BCUT2D eigenvalue weighted by Gasteiger charge is -2.29. The number of nitrogens with zero attached hydrogens (tertiary/aromatic N) is 2. The van der Waals surface area contributed by atoms with Crippen LogP contribution in [-0.2, 0) is 13.2 Å². The largest absolute Gasteiger partial charge is 0.489 e. The maximum Gasteiger partial charge on any atom is 0.251 e. The van der Waals surface area contributed by atoms with Crippen molar-refractivity contribution in [3.63, 3.8) is 0 Å². The van der Waals surface area contributed by atoms with Crippen LogP contribution in [0.2, 0.25) is 0 Å². The van der Waals surface area contributed by atoms with Crippen molar-refractivity contribution < 1.29 is 9.53 Å². The van der Waals surface area contributed by atoms with E-state index in [2.05, 4.69) is 15.2 Å². The van der Waals surface area contributed by atoms with Gasteiger partial charge in [0.2, 0.25) is 0 Å². The molecule has 2 heterocycles. The van der Waals surface area contributed by atoms with Gasteiger partial charge in [-0.05, 0) is 55.2 Å². The molecule has 0 aliphatic carbocycles. The van der Waals surface area contributed by atoms with Crippen molar-refractivity contribution >= 4 is 11.7 Å². The normalized spacial score (nSPS) is 13.7. The summed E-state index contributed by atoms with van der Waals surface area (Å²) in [7, 11) is 0. The molecule has 0 atom stereocenters. The van der Waals surface area contributed by atoms with Crippen molar-refractivity contribution in [2.45, 2.75) is 32.4 Å². The Bertz CT molecular complexity index is 952. The van der Waals surface area contributed by atoms with Gasteiger partial charge in [0.15, 0.2) is 0 Å². The number of carbonyl (C=O) groups is 1. The van der Waals surface area contributed by atoms with Gasteiger partial charge < -0.3 is 15.0 Å². The Kier molecular flexibility index (Phi) is 6.60. The van der Waals surface area contributed by atoms with E-state index < -0.39 is 0 Å². The number of rotatable bonds is 7. The summed E-state index contributed by atoms with van der Waals surface area (Å²) in [6, 6.07) is 21.2. The van der Waals surface area contributed by atoms with Gasteiger partial charge in [0.05, 0.1) is 0 Å². The SMILES string of the molecule is O=C(NCc1cccnc1N1CCCCC1)c1ccc(OCc2ccccc2)cc1. The summed E-state index contributed by atoms with van der Waals surface area (Å²) >= 11 is 0. The molecule has 1 fully saturated rings. The summed E-state index contributed by atoms with van der Waals surface area (Å²) in [6.45, 7) is 3.03. The first-order chi connectivity index (χ1) is 14.8. The number of nitrogens with one attached hydrogen (secondary N) is 1. The van der Waals surface area contributed by atoms with E-state index in [1.165, 1.54) is 19.3 Å². The van der Waals surface area contributed by atoms with Gasteiger partial charge in [-0.3, -0.25) is 4.79 Å². The van der Waals surface area contributed by atoms with Gasteiger partial charge >= 0.3 is 0 Å². The minimum absolute atomic E-state index is 0.0990. The highest BCUT2D eigenvalue weighted by Gasteiger charge is 2.16. The second-order valence-electron chi connectivity index (χ2n) is 7.52. The first-order valence-electron chi connectivity index (χ1n) is 10.5. The number of carbonyl (C=O) groups excluding carboxylic acids is 1. The molecule has 1 aromatic heterocycles. The molecule has 1 N–H and O–H groups in total. The predicted octanol–water partition coefficient (Wildman–Crippen LogP) is 4.58. The zero-order chi connectivity index (χ0) is 20.6. The lowest BCUT2D eigenvalue weighted by atomic mass is 10.1. The van der Waals surface area contributed by atoms with Gasteiger partial charge in [0.1, 0.15) is 18.2 Å². The molecule has 0 unspecified atom stereocenters. The van der Waals surface area contributed by atoms with Crippen molar-refractivity contribution in [3.8, 4) is 5.75 Å². The van der Waals surface area contributed by atoms with Crippen LogP contribution >= 0.6 is 0 Å². The number of anilines is 1. The van der Waals surface area contributed by atoms with Crippen LogP contribution in [0.3, 0.4) is 0 Å². The zero-order valence-corrected chi connectivity index (χ0v) is 17.1. The van der Waals surface area contributed by atoms with Crippen LogP contribution in [0.25, 0.3) is 0 Å². The second-order valence-corrected chi connectivity index (χ2v) is 7.52. The molecule has 3 aromatic rings. The highest BCUT2D eigenvalue weighted by molar-refractivity contribution is 5.94. The van der Waals surface area contributed by atoms with Crippen molar-refractivity contribution in [2.24, 2.45) is 0 Å². The average molecular weight is 402 g/mol. The minimum atomic E-state index is -0.0990. The van der Waals surface area contributed by atoms with Crippen LogP contribution < -0.4 is 15.0 Å². The van der Waals surface area contributed by atoms with Crippen molar-refractivity contribution in [3.05, 3.63) is 89.6 Å². The summed E-state index contributed by atoms with van der Waals surface area (Å²) < 4.78 is 5.79. The second kappa shape index (κ2) is 9.92. The van der Waals surface area contributed by atoms with Gasteiger partial charge in [-0.15, -0.1) is 0 Å². The number of hydrogen-bond acceptors (Lipinski definition) is 4. The fraction of sp³-hybridized carbons (Fsp3) is 0.280. The van der Waals surface area contributed by atoms with Gasteiger partial charge in [0.25, 0.3) is 5.91 Å². The monoisotopic (exact) mass is 401 g/mol. The van der Waals surface area contributed by atoms with E-state index in [4.69, 9.17) is 4.74 Å². The van der Waals surface area contributed by atoms with E-state index in [-0.39, 0.29) is 5.91 Å². The Labute approximate surface area is 177 Å². The molecule has 5 nitrogen and oxygen atoms in total. The molecule has 0 spiro atoms. The maximum absolute atomic E-state index is 12.6. The molecular formula is C25H27N3O2. The number of pyridine rings is 1. The fourth-order valence-corrected chi connectivity index (χ4v) is 3.68. The molecule has 154 valence electrons. The van der Waals surface area contributed by atoms with E-state index >= 15 is 0 Å². The third kappa shape index (κ3) is 5.17. The quantitative estimate of drug-likeness (QED) is 0.630. The Hall–Kier alpha value is -3.34. The van der Waals surface area contributed by atoms with E-state index in [0.29, 0.717) is 18.7 Å². The average Bonchev–Trinajstić information content (AvgIpc) is 2.83. The highest BCUT2D eigenvalue weighted by atomic mass is 16.5. The van der Waals surface area contributed by atoms with Gasteiger partial charge in [-0.1, -0.05) is 36.4 Å². The topological polar surface area (TPSA) is 54.5 Å². The molecule has 30 heavy (non-hydrogen) atoms. The van der Waals surface area contributed by atoms with E-state index in [9.17, 15) is 4.79 Å². The predicted molar refractivity (Wildman–Crippen MR) is 119 cm³/mol. The highest BCUT2D eigenvalue weighted by Crippen LogP contribution is 2.21. The number of ether oxygens (including phenoxy) is 1. The molecule has 1 aliphatic heterocycles. The van der Waals surface area contributed by atoms with Crippen LogP contribution in [0.5, 0.6) is 5.75 Å². The number of benzene rings is 2. The molecule has 2 aromatic carbocycles. The molecule has 4 rings (SSSR count). The molecule has 0 bridgehead atoms. The standard InChI is InChI=1S/C25H27N3O2/c29-25(21-11-13-23(14-12-21)30-19-20-8-3-1-4-9-20)27-18-22-10-7-15-26-24(22)28-16-5-2-6-17-28/h1,3-4,7-15H,2,5-6,16-19H2,(H,27,29). The first-order valence-corrected chi connectivity index (χ1v) is 10.5. The summed E-state index contributed by atoms with van der Waals surface area (Å²) in [5.74, 6) is 1.63. The zero-order valence-electron chi connectivity index (χ0n) is 17.1. The molecule has 1 amide bonds. The molecule has 0 saturated carbocycles. The third-order valence-electron chi connectivity index (χ3n) is 5.33. The first kappa shape index (κ1) is 20.0. The van der Waals surface area contributed by atoms with Crippen molar-refractivity contribution in [2.75, 3.05) is 18.0 Å². The van der Waals surface area contributed by atoms with Crippen LogP contribution in [0.1, 0.15) is 40.7 Å². The Balaban J connectivity index is 1.33. The minimum Gasteiger partial charge on any atom is -0.489 e. The Morgan fingerprint density at radius 2 is 1.70 bits per heavy atom. The van der Waals surface area contributed by atoms with E-state index in [1.807, 2.05) is 60.8 Å². The van der Waals surface area contributed by atoms with Crippen LogP contribution in [-0.4, -0.2) is 24.0 Å². The Morgan fingerprint density at radius 3 is 2.47 bits per heavy atom. The molecule has 1 aliphatic rings. The summed E-state index contributed by atoms with van der Waals surface area (Å²) in [5.41, 5.74) is 2.78. The Morgan fingerprint density at radius 1 is 0.933 bits per heavy atom. The molecule has 5 heteroatoms. The van der Waals surface area contributed by atoms with E-state index in [0.717, 1.165) is 35.8 Å². The summed E-state index contributed by atoms with van der Waals surface area (Å²) in [5, 5.41) is 3.03. The van der Waals surface area contributed by atoms with Crippen molar-refractivity contribution in [1.29, 1.82) is 0 Å². The lowest BCUT2D eigenvalue weighted by molar-refractivity contribution is 0.0951. The van der Waals surface area contributed by atoms with Crippen LogP contribution in [0, 0.1) is 0 Å². The smallest absolute Gasteiger partial charge is 0.251 e. The number of aromatic nitrogens is 1. The number of hydrogen-bond donors (Lipinski definition) is 1. The molecule has 0 radical (unpaired) electrons. The lowest BCUT2D eigenvalue weighted by Crippen LogP contribution is -2.32. The third-order valence-corrected chi connectivity index (χ3v) is 5.33. The molecular weight excluding hydrogens is 374 g/mol. The van der Waals surface area contributed by atoms with Gasteiger partial charge in [0, 0.05) is 37.0 Å². The van der Waals surface area contributed by atoms with Crippen LogP contribution in [0.15, 0.2) is 72.9 Å². The van der Waals surface area contributed by atoms with Crippen molar-refractivity contribution in [1.82, 2.24) is 10.3 Å². The van der Waals surface area contributed by atoms with Gasteiger partial charge in [-0.2, -0.15) is 0 Å². The molecule has 1 saturated heterocycles. The fourth-order valence-electron chi connectivity index (χ4n) is 3.68. The summed E-state index contributed by atoms with van der Waals surface area (Å²) in [6.07, 6.45) is 5.49. The number of piperidine rings is 1. The van der Waals surface area contributed by atoms with E-state index in [1.54, 1.807) is 12.1 Å². The van der Waals surface area contributed by atoms with Crippen LogP contribution in [0.4, 0.5) is 5.82 Å². The maximum atomic E-state index is 12.6. The summed E-state index contributed by atoms with van der Waals surface area (Å²) in [4.78, 5) is 19.5. The number of amides is 1. The van der Waals surface area contributed by atoms with Gasteiger partial charge in [-0.25, -0.2) is 4.98 Å².